The molecule has 1 amide bonds. The van der Waals surface area contributed by atoms with E-state index in [1.165, 1.54) is 11.1 Å². The van der Waals surface area contributed by atoms with E-state index < -0.39 is 0 Å². The van der Waals surface area contributed by atoms with Gasteiger partial charge in [0, 0.05) is 11.9 Å². The summed E-state index contributed by atoms with van der Waals surface area (Å²) >= 11 is 3.24. The fourth-order valence-electron chi connectivity index (χ4n) is 2.34. The van der Waals surface area contributed by atoms with E-state index in [1.807, 2.05) is 25.2 Å². The minimum Gasteiger partial charge on any atom is -0.338 e. The average Bonchev–Trinajstić information content (AvgIpc) is 2.97. The maximum Gasteiger partial charge on any atom is 0.233 e. The summed E-state index contributed by atoms with van der Waals surface area (Å²) < 4.78 is 1.16. The smallest absolute Gasteiger partial charge is 0.233 e. The van der Waals surface area contributed by atoms with Crippen LogP contribution in [0.3, 0.4) is 0 Å². The highest BCUT2D eigenvalue weighted by atomic mass is 32.2. The number of fused-ring (bicyclic) bond motifs is 1. The summed E-state index contributed by atoms with van der Waals surface area (Å²) in [6.45, 7) is 4.76. The van der Waals surface area contributed by atoms with Crippen LogP contribution in [-0.2, 0) is 11.3 Å². The Kier molecular flexibility index (Phi) is 5.21. The van der Waals surface area contributed by atoms with Gasteiger partial charge in [0.2, 0.25) is 5.91 Å². The molecule has 1 aromatic heterocycles. The van der Waals surface area contributed by atoms with Gasteiger partial charge in [0.05, 0.1) is 22.5 Å². The molecule has 0 aliphatic heterocycles. The van der Waals surface area contributed by atoms with Crippen molar-refractivity contribution in [2.24, 2.45) is 0 Å². The van der Waals surface area contributed by atoms with Gasteiger partial charge >= 0.3 is 0 Å². The number of para-hydroxylation sites is 1. The van der Waals surface area contributed by atoms with Crippen LogP contribution in [0.4, 0.5) is 0 Å². The summed E-state index contributed by atoms with van der Waals surface area (Å²) in [4.78, 5) is 19.9. The number of thiazole rings is 1. The van der Waals surface area contributed by atoms with Crippen molar-refractivity contribution in [2.75, 3.05) is 12.8 Å². The number of amides is 1. The minimum absolute atomic E-state index is 0.123. The summed E-state index contributed by atoms with van der Waals surface area (Å²) in [6.07, 6.45) is 0. The Balaban J connectivity index is 1.58. The molecule has 0 saturated carbocycles. The summed E-state index contributed by atoms with van der Waals surface area (Å²) in [5.41, 5.74) is 3.54. The molecule has 3 aromatic rings. The van der Waals surface area contributed by atoms with E-state index >= 15 is 0 Å². The first kappa shape index (κ1) is 17.0. The number of benzene rings is 2. The van der Waals surface area contributed by atoms with Crippen molar-refractivity contribution in [1.82, 2.24) is 9.88 Å². The van der Waals surface area contributed by atoms with Gasteiger partial charge < -0.3 is 4.90 Å². The Morgan fingerprint density at radius 1 is 1.17 bits per heavy atom. The number of thioether (sulfide) groups is 1. The number of nitrogens with zero attached hydrogens (tertiary/aromatic N) is 2. The second-order valence-corrected chi connectivity index (χ2v) is 8.02. The van der Waals surface area contributed by atoms with E-state index in [9.17, 15) is 4.79 Å². The Morgan fingerprint density at radius 2 is 1.96 bits per heavy atom. The molecule has 124 valence electrons. The maximum atomic E-state index is 12.4. The third-order valence-electron chi connectivity index (χ3n) is 3.98. The van der Waals surface area contributed by atoms with Gasteiger partial charge in [0.1, 0.15) is 5.01 Å². The highest BCUT2D eigenvalue weighted by Gasteiger charge is 2.12. The zero-order chi connectivity index (χ0) is 17.1. The molecule has 0 atom stereocenters. The molecule has 0 aliphatic carbocycles. The number of aryl methyl sites for hydroxylation is 2. The van der Waals surface area contributed by atoms with Crippen LogP contribution in [0.1, 0.15) is 16.1 Å². The topological polar surface area (TPSA) is 33.2 Å². The SMILES string of the molecule is Cc1ccc(SCC(=O)N(C)Cc2nc3ccccc3s2)cc1C. The number of carbonyl (C=O) groups excluding carboxylic acids is 1. The van der Waals surface area contributed by atoms with Crippen molar-refractivity contribution in [1.29, 1.82) is 0 Å². The normalized spacial score (nSPS) is 11.0. The third kappa shape index (κ3) is 3.97. The molecule has 0 N–H and O–H groups in total. The van der Waals surface area contributed by atoms with Gasteiger partial charge in [-0.1, -0.05) is 18.2 Å². The van der Waals surface area contributed by atoms with Gasteiger partial charge in [-0.25, -0.2) is 4.98 Å². The summed E-state index contributed by atoms with van der Waals surface area (Å²) in [5, 5.41) is 0.975. The average molecular weight is 357 g/mol. The lowest BCUT2D eigenvalue weighted by Gasteiger charge is -2.15. The lowest BCUT2D eigenvalue weighted by Crippen LogP contribution is -2.27. The largest absolute Gasteiger partial charge is 0.338 e. The molecule has 0 saturated heterocycles. The minimum atomic E-state index is 0.123. The lowest BCUT2D eigenvalue weighted by molar-refractivity contribution is -0.127. The van der Waals surface area contributed by atoms with E-state index in [1.54, 1.807) is 28.0 Å². The summed E-state index contributed by atoms with van der Waals surface area (Å²) in [5.74, 6) is 0.571. The van der Waals surface area contributed by atoms with Crippen molar-refractivity contribution in [2.45, 2.75) is 25.3 Å². The lowest BCUT2D eigenvalue weighted by atomic mass is 10.1. The summed E-state index contributed by atoms with van der Waals surface area (Å²) in [6, 6.07) is 14.4. The second kappa shape index (κ2) is 7.36. The molecule has 0 radical (unpaired) electrons. The van der Waals surface area contributed by atoms with Crippen LogP contribution in [0, 0.1) is 13.8 Å². The predicted molar refractivity (Wildman–Crippen MR) is 103 cm³/mol. The number of carbonyl (C=O) groups is 1. The van der Waals surface area contributed by atoms with Crippen molar-refractivity contribution in [3.8, 4) is 0 Å². The van der Waals surface area contributed by atoms with Crippen molar-refractivity contribution in [3.05, 3.63) is 58.6 Å². The number of hydrogen-bond donors (Lipinski definition) is 0. The van der Waals surface area contributed by atoms with Crippen LogP contribution in [0.15, 0.2) is 47.4 Å². The Labute approximate surface area is 150 Å². The van der Waals surface area contributed by atoms with Gasteiger partial charge in [0.15, 0.2) is 0 Å². The quantitative estimate of drug-likeness (QED) is 0.623. The molecule has 3 rings (SSSR count). The van der Waals surface area contributed by atoms with E-state index in [0.717, 1.165) is 20.1 Å². The first-order valence-electron chi connectivity index (χ1n) is 7.81. The molecule has 24 heavy (non-hydrogen) atoms. The standard InChI is InChI=1S/C19H20N2OS2/c1-13-8-9-15(10-14(13)2)23-12-19(22)21(3)11-18-20-16-6-4-5-7-17(16)24-18/h4-10H,11-12H2,1-3H3. The first-order chi connectivity index (χ1) is 11.5. The maximum absolute atomic E-state index is 12.4. The fraction of sp³-hybridized carbons (Fsp3) is 0.263. The van der Waals surface area contributed by atoms with E-state index in [-0.39, 0.29) is 5.91 Å². The molecule has 1 heterocycles. The molecule has 5 heteroatoms. The molecular weight excluding hydrogens is 336 g/mol. The number of hydrogen-bond acceptors (Lipinski definition) is 4. The van der Waals surface area contributed by atoms with E-state index in [4.69, 9.17) is 0 Å². The Morgan fingerprint density at radius 3 is 2.71 bits per heavy atom. The first-order valence-corrected chi connectivity index (χ1v) is 9.61. The highest BCUT2D eigenvalue weighted by molar-refractivity contribution is 8.00. The molecule has 0 spiro atoms. The molecule has 0 unspecified atom stereocenters. The zero-order valence-corrected chi connectivity index (χ0v) is 15.7. The second-order valence-electron chi connectivity index (χ2n) is 5.86. The number of rotatable bonds is 5. The predicted octanol–water partition coefficient (Wildman–Crippen LogP) is 4.66. The van der Waals surface area contributed by atoms with E-state index in [0.29, 0.717) is 12.3 Å². The van der Waals surface area contributed by atoms with Crippen LogP contribution in [0.5, 0.6) is 0 Å². The van der Waals surface area contributed by atoms with Crippen molar-refractivity contribution < 1.29 is 4.79 Å². The molecule has 3 nitrogen and oxygen atoms in total. The van der Waals surface area contributed by atoms with Gasteiger partial charge in [-0.2, -0.15) is 0 Å². The third-order valence-corrected chi connectivity index (χ3v) is 5.98. The summed E-state index contributed by atoms with van der Waals surface area (Å²) in [7, 11) is 1.84. The monoisotopic (exact) mass is 356 g/mol. The van der Waals surface area contributed by atoms with E-state index in [2.05, 4.69) is 43.1 Å². The van der Waals surface area contributed by atoms with Gasteiger partial charge in [-0.3, -0.25) is 4.79 Å². The van der Waals surface area contributed by atoms with Crippen LogP contribution in [-0.4, -0.2) is 28.6 Å². The van der Waals surface area contributed by atoms with Crippen molar-refractivity contribution >= 4 is 39.2 Å². The van der Waals surface area contributed by atoms with Gasteiger partial charge in [-0.15, -0.1) is 23.1 Å². The molecular formula is C19H20N2OS2. The number of aromatic nitrogens is 1. The Hall–Kier alpha value is -1.85. The Bertz CT molecular complexity index is 840. The molecule has 0 fully saturated rings. The van der Waals surface area contributed by atoms with Crippen molar-refractivity contribution in [3.63, 3.8) is 0 Å². The fourth-order valence-corrected chi connectivity index (χ4v) is 4.29. The van der Waals surface area contributed by atoms with Gasteiger partial charge in [-0.05, 0) is 49.2 Å². The van der Waals surface area contributed by atoms with Crippen LogP contribution < -0.4 is 0 Å². The highest BCUT2D eigenvalue weighted by Crippen LogP contribution is 2.24. The van der Waals surface area contributed by atoms with Crippen LogP contribution >= 0.6 is 23.1 Å². The molecule has 0 bridgehead atoms. The zero-order valence-electron chi connectivity index (χ0n) is 14.1. The van der Waals surface area contributed by atoms with Crippen LogP contribution in [0.2, 0.25) is 0 Å². The van der Waals surface area contributed by atoms with Gasteiger partial charge in [0.25, 0.3) is 0 Å². The molecule has 2 aromatic carbocycles. The molecule has 0 aliphatic rings. The van der Waals surface area contributed by atoms with Crippen LogP contribution in [0.25, 0.3) is 10.2 Å².